The Morgan fingerprint density at radius 2 is 2.00 bits per heavy atom. The maximum Gasteiger partial charge on any atom is 0.241 e. The fourth-order valence-electron chi connectivity index (χ4n) is 1.46. The maximum atomic E-state index is 5.73. The highest BCUT2D eigenvalue weighted by molar-refractivity contribution is 5.60. The molecule has 7 heteroatoms. The summed E-state index contributed by atoms with van der Waals surface area (Å²) in [4.78, 5) is 0. The maximum absolute atomic E-state index is 5.73. The van der Waals surface area contributed by atoms with E-state index in [0.717, 1.165) is 23.4 Å². The van der Waals surface area contributed by atoms with Gasteiger partial charge in [0.2, 0.25) is 5.95 Å². The predicted molar refractivity (Wildman–Crippen MR) is 59.7 cm³/mol. The number of hydrogen-bond acceptors (Lipinski definition) is 6. The van der Waals surface area contributed by atoms with Crippen molar-refractivity contribution in [2.24, 2.45) is 0 Å². The molecule has 0 spiro atoms. The molecule has 2 aromatic heterocycles. The van der Waals surface area contributed by atoms with Crippen molar-refractivity contribution in [3.8, 4) is 11.4 Å². The minimum absolute atomic E-state index is 0.173. The van der Waals surface area contributed by atoms with Crippen molar-refractivity contribution >= 4 is 5.95 Å². The van der Waals surface area contributed by atoms with E-state index >= 15 is 0 Å². The van der Waals surface area contributed by atoms with E-state index in [9.17, 15) is 0 Å². The van der Waals surface area contributed by atoms with Crippen molar-refractivity contribution in [1.82, 2.24) is 25.1 Å². The highest BCUT2D eigenvalue weighted by atomic mass is 15.4. The Bertz CT molecular complexity index is 517. The minimum atomic E-state index is 0.173. The van der Waals surface area contributed by atoms with Gasteiger partial charge in [0.25, 0.3) is 0 Å². The normalized spacial score (nSPS) is 10.6. The molecule has 0 amide bonds. The third-order valence-electron chi connectivity index (χ3n) is 2.29. The Hall–Kier alpha value is -2.18. The Labute approximate surface area is 92.5 Å². The van der Waals surface area contributed by atoms with Gasteiger partial charge < -0.3 is 11.6 Å². The molecule has 0 aliphatic carbocycles. The average Bonchev–Trinajstić information content (AvgIpc) is 2.60. The summed E-state index contributed by atoms with van der Waals surface area (Å²) in [5, 5.41) is 15.7. The van der Waals surface area contributed by atoms with Gasteiger partial charge in [0.15, 0.2) is 5.82 Å². The summed E-state index contributed by atoms with van der Waals surface area (Å²) in [5.74, 6) is 6.41. The number of nitrogens with two attached hydrogens (primary N) is 2. The fourth-order valence-corrected chi connectivity index (χ4v) is 1.46. The molecule has 0 radical (unpaired) electrons. The van der Waals surface area contributed by atoms with Crippen molar-refractivity contribution < 1.29 is 0 Å². The van der Waals surface area contributed by atoms with Crippen LogP contribution < -0.4 is 11.6 Å². The third kappa shape index (κ3) is 1.56. The van der Waals surface area contributed by atoms with E-state index in [1.54, 1.807) is 0 Å². The van der Waals surface area contributed by atoms with Crippen LogP contribution in [0.2, 0.25) is 0 Å². The van der Waals surface area contributed by atoms with Crippen LogP contribution in [0.25, 0.3) is 11.4 Å². The summed E-state index contributed by atoms with van der Waals surface area (Å²) >= 11 is 0. The number of hydrogen-bond donors (Lipinski definition) is 2. The van der Waals surface area contributed by atoms with Crippen LogP contribution in [0, 0.1) is 6.92 Å². The van der Waals surface area contributed by atoms with Gasteiger partial charge in [0.05, 0.1) is 11.4 Å². The number of nitrogens with zero attached hydrogens (tertiary/aromatic N) is 5. The molecule has 0 saturated carbocycles. The lowest BCUT2D eigenvalue weighted by molar-refractivity contribution is 0.885. The molecule has 84 valence electrons. The number of nitrogen functional groups attached to an aromatic ring is 2. The third-order valence-corrected chi connectivity index (χ3v) is 2.29. The quantitative estimate of drug-likeness (QED) is 0.683. The summed E-state index contributed by atoms with van der Waals surface area (Å²) in [6, 6.07) is 1.87. The first kappa shape index (κ1) is 10.3. The van der Waals surface area contributed by atoms with Crippen LogP contribution in [0.15, 0.2) is 6.07 Å². The second-order valence-corrected chi connectivity index (χ2v) is 3.45. The summed E-state index contributed by atoms with van der Waals surface area (Å²) < 4.78 is 1.25. The molecule has 0 saturated heterocycles. The summed E-state index contributed by atoms with van der Waals surface area (Å²) in [6.45, 7) is 3.85. The van der Waals surface area contributed by atoms with Gasteiger partial charge in [-0.2, -0.15) is 10.2 Å². The number of rotatable bonds is 2. The lowest BCUT2D eigenvalue weighted by Crippen LogP contribution is -2.14. The van der Waals surface area contributed by atoms with Crippen molar-refractivity contribution in [1.29, 1.82) is 0 Å². The van der Waals surface area contributed by atoms with Crippen LogP contribution in [0.3, 0.4) is 0 Å². The zero-order chi connectivity index (χ0) is 11.7. The monoisotopic (exact) mass is 219 g/mol. The molecule has 16 heavy (non-hydrogen) atoms. The molecule has 0 atom stereocenters. The van der Waals surface area contributed by atoms with Crippen molar-refractivity contribution in [2.75, 3.05) is 11.6 Å². The van der Waals surface area contributed by atoms with Crippen molar-refractivity contribution in [3.63, 3.8) is 0 Å². The van der Waals surface area contributed by atoms with Crippen LogP contribution in [-0.4, -0.2) is 25.1 Å². The van der Waals surface area contributed by atoms with Crippen LogP contribution >= 0.6 is 0 Å². The van der Waals surface area contributed by atoms with Crippen molar-refractivity contribution in [3.05, 3.63) is 17.5 Å². The fraction of sp³-hybridized carbons (Fsp3) is 0.333. The van der Waals surface area contributed by atoms with E-state index < -0.39 is 0 Å². The summed E-state index contributed by atoms with van der Waals surface area (Å²) in [7, 11) is 0. The first-order valence-corrected chi connectivity index (χ1v) is 4.93. The van der Waals surface area contributed by atoms with E-state index in [-0.39, 0.29) is 5.95 Å². The van der Waals surface area contributed by atoms with Crippen LogP contribution in [0.4, 0.5) is 5.95 Å². The lowest BCUT2D eigenvalue weighted by atomic mass is 10.1. The smallest absolute Gasteiger partial charge is 0.241 e. The van der Waals surface area contributed by atoms with E-state index in [1.165, 1.54) is 4.68 Å². The second-order valence-electron chi connectivity index (χ2n) is 3.45. The largest absolute Gasteiger partial charge is 0.366 e. The molecule has 0 aliphatic heterocycles. The van der Waals surface area contributed by atoms with Crippen LogP contribution in [0.5, 0.6) is 0 Å². The summed E-state index contributed by atoms with van der Waals surface area (Å²) in [5.41, 5.74) is 7.98. The zero-order valence-electron chi connectivity index (χ0n) is 9.18. The Kier molecular flexibility index (Phi) is 2.43. The molecule has 2 heterocycles. The topological polar surface area (TPSA) is 109 Å². The predicted octanol–water partition coefficient (Wildman–Crippen LogP) is -0.0981. The van der Waals surface area contributed by atoms with E-state index in [1.807, 2.05) is 19.9 Å². The lowest BCUT2D eigenvalue weighted by Gasteiger charge is -2.06. The second kappa shape index (κ2) is 3.76. The zero-order valence-corrected chi connectivity index (χ0v) is 9.18. The average molecular weight is 219 g/mol. The molecular weight excluding hydrogens is 206 g/mol. The molecule has 2 aromatic rings. The molecule has 0 unspecified atom stereocenters. The molecular formula is C9H13N7. The van der Waals surface area contributed by atoms with Gasteiger partial charge in [-0.3, -0.25) is 0 Å². The Balaban J connectivity index is 2.62. The van der Waals surface area contributed by atoms with Crippen LogP contribution in [-0.2, 0) is 6.42 Å². The first-order valence-electron chi connectivity index (χ1n) is 4.93. The van der Waals surface area contributed by atoms with Gasteiger partial charge in [0.1, 0.15) is 0 Å². The van der Waals surface area contributed by atoms with Gasteiger partial charge in [0, 0.05) is 5.56 Å². The number of anilines is 1. The molecule has 7 nitrogen and oxygen atoms in total. The van der Waals surface area contributed by atoms with E-state index in [2.05, 4.69) is 20.4 Å². The Morgan fingerprint density at radius 1 is 1.25 bits per heavy atom. The summed E-state index contributed by atoms with van der Waals surface area (Å²) in [6.07, 6.45) is 0.745. The molecule has 0 aliphatic rings. The minimum Gasteiger partial charge on any atom is -0.366 e. The number of aryl methyl sites for hydroxylation is 2. The highest BCUT2D eigenvalue weighted by Gasteiger charge is 2.14. The molecule has 2 rings (SSSR count). The van der Waals surface area contributed by atoms with E-state index in [4.69, 9.17) is 11.6 Å². The molecule has 0 bridgehead atoms. The van der Waals surface area contributed by atoms with Gasteiger partial charge in [-0.05, 0) is 19.4 Å². The van der Waals surface area contributed by atoms with Gasteiger partial charge in [-0.25, -0.2) is 4.68 Å². The molecule has 0 fully saturated rings. The SMILES string of the molecule is CCc1nnc(C)cc1-c1nnc(N)n1N. The van der Waals surface area contributed by atoms with Gasteiger partial charge in [-0.1, -0.05) is 6.92 Å². The van der Waals surface area contributed by atoms with Crippen molar-refractivity contribution in [2.45, 2.75) is 20.3 Å². The Morgan fingerprint density at radius 3 is 2.56 bits per heavy atom. The number of aromatic nitrogens is 5. The first-order chi connectivity index (χ1) is 7.63. The standard InChI is InChI=1S/C9H13N7/c1-3-7-6(4-5(2)12-13-7)8-14-15-9(10)16(8)11/h4H,3,11H2,1-2H3,(H2,10,15). The highest BCUT2D eigenvalue weighted by Crippen LogP contribution is 2.20. The molecule has 0 aromatic carbocycles. The van der Waals surface area contributed by atoms with Crippen LogP contribution in [0.1, 0.15) is 18.3 Å². The van der Waals surface area contributed by atoms with Gasteiger partial charge >= 0.3 is 0 Å². The van der Waals surface area contributed by atoms with E-state index in [0.29, 0.717) is 5.82 Å². The van der Waals surface area contributed by atoms with Gasteiger partial charge in [-0.15, -0.1) is 10.2 Å². The molecule has 4 N–H and O–H groups in total.